The zero-order valence-corrected chi connectivity index (χ0v) is 13.7. The standard InChI is InChI=1S/C14H17BrN4O2/c1-8-13(9(2)19(3)18-8)21-7-11-5-4-10(6-12(11)15)14(20)17-16/h4-6H,7,16H2,1-3H3,(H,17,20). The molecule has 7 heteroatoms. The topological polar surface area (TPSA) is 82.2 Å². The van der Waals surface area contributed by atoms with E-state index >= 15 is 0 Å². The molecule has 2 rings (SSSR count). The molecular formula is C14H17BrN4O2. The summed E-state index contributed by atoms with van der Waals surface area (Å²) in [5.74, 6) is 5.57. The van der Waals surface area contributed by atoms with Gasteiger partial charge in [-0.05, 0) is 26.0 Å². The molecule has 0 aliphatic heterocycles. The predicted octanol–water partition coefficient (Wildman–Crippen LogP) is 1.98. The first-order valence-electron chi connectivity index (χ1n) is 6.36. The molecule has 0 saturated heterocycles. The summed E-state index contributed by atoms with van der Waals surface area (Å²) in [7, 11) is 1.88. The van der Waals surface area contributed by atoms with Gasteiger partial charge < -0.3 is 4.74 Å². The number of rotatable bonds is 4. The summed E-state index contributed by atoms with van der Waals surface area (Å²) in [6.45, 7) is 4.25. The first kappa shape index (κ1) is 15.5. The highest BCUT2D eigenvalue weighted by Gasteiger charge is 2.12. The fraction of sp³-hybridized carbons (Fsp3) is 0.286. The molecule has 0 bridgehead atoms. The van der Waals surface area contributed by atoms with Crippen molar-refractivity contribution in [2.75, 3.05) is 0 Å². The molecule has 1 aromatic carbocycles. The van der Waals surface area contributed by atoms with E-state index in [1.54, 1.807) is 16.8 Å². The third kappa shape index (κ3) is 3.25. The van der Waals surface area contributed by atoms with E-state index in [2.05, 4.69) is 26.5 Å². The molecule has 2 aromatic rings. The molecule has 1 heterocycles. The second kappa shape index (κ2) is 6.28. The Hall–Kier alpha value is -1.86. The fourth-order valence-corrected chi connectivity index (χ4v) is 2.50. The summed E-state index contributed by atoms with van der Waals surface area (Å²) < 4.78 is 8.42. The highest BCUT2D eigenvalue weighted by atomic mass is 79.9. The van der Waals surface area contributed by atoms with Gasteiger partial charge in [0.1, 0.15) is 12.3 Å². The van der Waals surface area contributed by atoms with Crippen LogP contribution in [-0.2, 0) is 13.7 Å². The van der Waals surface area contributed by atoms with Crippen LogP contribution in [0.2, 0.25) is 0 Å². The lowest BCUT2D eigenvalue weighted by Crippen LogP contribution is -2.29. The SMILES string of the molecule is Cc1nn(C)c(C)c1OCc1ccc(C(=O)NN)cc1Br. The van der Waals surface area contributed by atoms with Crippen LogP contribution in [0.4, 0.5) is 0 Å². The molecule has 0 spiro atoms. The number of ether oxygens (including phenoxy) is 1. The van der Waals surface area contributed by atoms with Gasteiger partial charge in [0.15, 0.2) is 5.75 Å². The van der Waals surface area contributed by atoms with E-state index in [0.717, 1.165) is 27.2 Å². The van der Waals surface area contributed by atoms with Gasteiger partial charge in [-0.2, -0.15) is 5.10 Å². The van der Waals surface area contributed by atoms with Crippen LogP contribution >= 0.6 is 15.9 Å². The number of hydrogen-bond donors (Lipinski definition) is 2. The van der Waals surface area contributed by atoms with Gasteiger partial charge in [-0.1, -0.05) is 22.0 Å². The first-order valence-corrected chi connectivity index (χ1v) is 7.15. The van der Waals surface area contributed by atoms with E-state index in [4.69, 9.17) is 10.6 Å². The van der Waals surface area contributed by atoms with E-state index < -0.39 is 0 Å². The highest BCUT2D eigenvalue weighted by Crippen LogP contribution is 2.25. The number of carbonyl (C=O) groups excluding carboxylic acids is 1. The maximum atomic E-state index is 11.4. The zero-order valence-electron chi connectivity index (χ0n) is 12.1. The second-order valence-corrected chi connectivity index (χ2v) is 5.55. The number of nitrogens with one attached hydrogen (secondary N) is 1. The minimum Gasteiger partial charge on any atom is -0.485 e. The van der Waals surface area contributed by atoms with Crippen LogP contribution in [0.5, 0.6) is 5.75 Å². The summed E-state index contributed by atoms with van der Waals surface area (Å²) in [6.07, 6.45) is 0. The largest absolute Gasteiger partial charge is 0.485 e. The monoisotopic (exact) mass is 352 g/mol. The number of nitrogens with zero attached hydrogens (tertiary/aromatic N) is 2. The van der Waals surface area contributed by atoms with E-state index in [0.29, 0.717) is 12.2 Å². The Morgan fingerprint density at radius 3 is 2.71 bits per heavy atom. The Balaban J connectivity index is 2.15. The van der Waals surface area contributed by atoms with Crippen molar-refractivity contribution in [1.29, 1.82) is 0 Å². The number of carbonyl (C=O) groups is 1. The van der Waals surface area contributed by atoms with Gasteiger partial charge in [-0.15, -0.1) is 0 Å². The molecule has 6 nitrogen and oxygen atoms in total. The van der Waals surface area contributed by atoms with Gasteiger partial charge in [0.05, 0.1) is 5.69 Å². The van der Waals surface area contributed by atoms with Gasteiger partial charge in [0.25, 0.3) is 5.91 Å². The highest BCUT2D eigenvalue weighted by molar-refractivity contribution is 9.10. The third-order valence-corrected chi connectivity index (χ3v) is 4.00. The minimum absolute atomic E-state index is 0.331. The number of aromatic nitrogens is 2. The number of amides is 1. The van der Waals surface area contributed by atoms with Crippen molar-refractivity contribution in [3.8, 4) is 5.75 Å². The zero-order chi connectivity index (χ0) is 15.6. The smallest absolute Gasteiger partial charge is 0.265 e. The maximum Gasteiger partial charge on any atom is 0.265 e. The van der Waals surface area contributed by atoms with Crippen LogP contribution < -0.4 is 16.0 Å². The molecule has 3 N–H and O–H groups in total. The van der Waals surface area contributed by atoms with Crippen LogP contribution in [-0.4, -0.2) is 15.7 Å². The maximum absolute atomic E-state index is 11.4. The molecule has 0 unspecified atom stereocenters. The number of hydrazine groups is 1. The molecule has 0 aliphatic carbocycles. The Morgan fingerprint density at radius 2 is 2.19 bits per heavy atom. The molecule has 0 saturated carbocycles. The van der Waals surface area contributed by atoms with Crippen molar-refractivity contribution in [3.63, 3.8) is 0 Å². The van der Waals surface area contributed by atoms with Crippen LogP contribution in [0.3, 0.4) is 0 Å². The second-order valence-electron chi connectivity index (χ2n) is 4.69. The summed E-state index contributed by atoms with van der Waals surface area (Å²) in [4.78, 5) is 11.4. The Morgan fingerprint density at radius 1 is 1.48 bits per heavy atom. The number of halogens is 1. The van der Waals surface area contributed by atoms with Crippen molar-refractivity contribution in [1.82, 2.24) is 15.2 Å². The lowest BCUT2D eigenvalue weighted by molar-refractivity contribution is 0.0953. The average molecular weight is 353 g/mol. The average Bonchev–Trinajstić information content (AvgIpc) is 2.70. The van der Waals surface area contributed by atoms with Gasteiger partial charge in [0.2, 0.25) is 0 Å². The Kier molecular flexibility index (Phi) is 4.64. The van der Waals surface area contributed by atoms with Gasteiger partial charge in [-0.25, -0.2) is 5.84 Å². The molecule has 1 amide bonds. The molecule has 0 radical (unpaired) electrons. The molecular weight excluding hydrogens is 336 g/mol. The summed E-state index contributed by atoms with van der Waals surface area (Å²) in [5.41, 5.74) is 5.35. The number of nitrogens with two attached hydrogens (primary N) is 1. The quantitative estimate of drug-likeness (QED) is 0.500. The predicted molar refractivity (Wildman–Crippen MR) is 82.8 cm³/mol. The molecule has 0 fully saturated rings. The van der Waals surface area contributed by atoms with Crippen molar-refractivity contribution >= 4 is 21.8 Å². The molecule has 0 aliphatic rings. The first-order chi connectivity index (χ1) is 9.93. The lowest BCUT2D eigenvalue weighted by Gasteiger charge is -2.09. The summed E-state index contributed by atoms with van der Waals surface area (Å²) in [5, 5.41) is 4.31. The van der Waals surface area contributed by atoms with Crippen LogP contribution in [0.15, 0.2) is 22.7 Å². The van der Waals surface area contributed by atoms with Crippen molar-refractivity contribution in [2.45, 2.75) is 20.5 Å². The molecule has 0 atom stereocenters. The Bertz CT molecular complexity index is 682. The number of benzene rings is 1. The fourth-order valence-electron chi connectivity index (χ4n) is 2.00. The molecule has 112 valence electrons. The minimum atomic E-state index is -0.331. The third-order valence-electron chi connectivity index (χ3n) is 3.26. The number of hydrogen-bond acceptors (Lipinski definition) is 4. The van der Waals surface area contributed by atoms with Crippen molar-refractivity contribution < 1.29 is 9.53 Å². The van der Waals surface area contributed by atoms with Gasteiger partial charge in [-0.3, -0.25) is 14.9 Å². The van der Waals surface area contributed by atoms with E-state index in [9.17, 15) is 4.79 Å². The van der Waals surface area contributed by atoms with Crippen molar-refractivity contribution in [3.05, 3.63) is 45.2 Å². The van der Waals surface area contributed by atoms with Gasteiger partial charge >= 0.3 is 0 Å². The Labute approximate surface area is 131 Å². The van der Waals surface area contributed by atoms with E-state index in [-0.39, 0.29) is 5.91 Å². The normalized spacial score (nSPS) is 10.5. The van der Waals surface area contributed by atoms with Crippen LogP contribution in [0, 0.1) is 13.8 Å². The summed E-state index contributed by atoms with van der Waals surface area (Å²) >= 11 is 3.44. The number of nitrogen functional groups attached to an aromatic ring is 1. The van der Waals surface area contributed by atoms with Gasteiger partial charge in [0, 0.05) is 22.6 Å². The lowest BCUT2D eigenvalue weighted by atomic mass is 10.1. The summed E-state index contributed by atoms with van der Waals surface area (Å²) in [6, 6.07) is 5.24. The van der Waals surface area contributed by atoms with Crippen LogP contribution in [0.1, 0.15) is 27.3 Å². The van der Waals surface area contributed by atoms with Crippen LogP contribution in [0.25, 0.3) is 0 Å². The molecule has 21 heavy (non-hydrogen) atoms. The van der Waals surface area contributed by atoms with E-state index in [1.165, 1.54) is 0 Å². The van der Waals surface area contributed by atoms with E-state index in [1.807, 2.05) is 27.0 Å². The number of aryl methyl sites for hydroxylation is 2. The van der Waals surface area contributed by atoms with Crippen molar-refractivity contribution in [2.24, 2.45) is 12.9 Å². The molecule has 1 aromatic heterocycles.